The molecule has 12 heavy (non-hydrogen) atoms. The predicted molar refractivity (Wildman–Crippen MR) is 61.5 cm³/mol. The highest BCUT2D eigenvalue weighted by Gasteiger charge is 2.06. The van der Waals surface area contributed by atoms with Crippen LogP contribution in [0.25, 0.3) is 0 Å². The normalized spacial score (nSPS) is 13.2. The molecule has 0 aromatic rings. The molecule has 5 N–H and O–H groups in total. The number of aliphatic hydroxyl groups excluding tert-OH is 1. The van der Waals surface area contributed by atoms with Crippen molar-refractivity contribution in [1.29, 1.82) is 0 Å². The van der Waals surface area contributed by atoms with Crippen LogP contribution in [0.2, 0.25) is 0 Å². The van der Waals surface area contributed by atoms with Gasteiger partial charge in [-0.05, 0) is 0 Å². The van der Waals surface area contributed by atoms with Crippen LogP contribution in [-0.4, -0.2) is 40.9 Å². The van der Waals surface area contributed by atoms with Gasteiger partial charge < -0.3 is 16.6 Å². The standard InChI is InChI=1S/C6H16N2OS3/c7-1-3-11-12-6(5-8)10-4-2-9/h6,9H,1-5,7-8H2. The van der Waals surface area contributed by atoms with E-state index in [-0.39, 0.29) is 6.61 Å². The topological polar surface area (TPSA) is 72.3 Å². The molecule has 0 aromatic heterocycles. The van der Waals surface area contributed by atoms with Crippen LogP contribution in [-0.2, 0) is 0 Å². The van der Waals surface area contributed by atoms with Gasteiger partial charge in [-0.25, -0.2) is 0 Å². The lowest BCUT2D eigenvalue weighted by Gasteiger charge is -2.11. The SMILES string of the molecule is NCCSSC(CN)SCCO. The van der Waals surface area contributed by atoms with Crippen LogP contribution in [0.15, 0.2) is 0 Å². The van der Waals surface area contributed by atoms with E-state index in [1.54, 1.807) is 33.3 Å². The van der Waals surface area contributed by atoms with Gasteiger partial charge in [-0.1, -0.05) is 21.6 Å². The van der Waals surface area contributed by atoms with E-state index in [0.717, 1.165) is 11.5 Å². The fourth-order valence-corrected chi connectivity index (χ4v) is 4.20. The molecule has 0 heterocycles. The van der Waals surface area contributed by atoms with E-state index in [1.807, 2.05) is 0 Å². The van der Waals surface area contributed by atoms with Crippen molar-refractivity contribution in [1.82, 2.24) is 0 Å². The molecular weight excluding hydrogens is 212 g/mol. The molecule has 0 aliphatic carbocycles. The molecule has 0 spiro atoms. The molecule has 0 rings (SSSR count). The average Bonchev–Trinajstić information content (AvgIpc) is 2.11. The van der Waals surface area contributed by atoms with Crippen LogP contribution in [0.4, 0.5) is 0 Å². The van der Waals surface area contributed by atoms with Crippen LogP contribution in [0.5, 0.6) is 0 Å². The van der Waals surface area contributed by atoms with E-state index in [9.17, 15) is 0 Å². The minimum Gasteiger partial charge on any atom is -0.396 e. The molecule has 0 saturated carbocycles. The number of nitrogens with two attached hydrogens (primary N) is 2. The number of aliphatic hydroxyl groups is 1. The molecule has 6 heteroatoms. The van der Waals surface area contributed by atoms with E-state index >= 15 is 0 Å². The first-order valence-corrected chi connectivity index (χ1v) is 7.19. The summed E-state index contributed by atoms with van der Waals surface area (Å²) in [5.74, 6) is 1.72. The van der Waals surface area contributed by atoms with Crippen LogP contribution in [0, 0.1) is 0 Å². The van der Waals surface area contributed by atoms with E-state index in [0.29, 0.717) is 17.7 Å². The van der Waals surface area contributed by atoms with Gasteiger partial charge >= 0.3 is 0 Å². The first-order valence-electron chi connectivity index (χ1n) is 3.76. The van der Waals surface area contributed by atoms with Gasteiger partial charge in [0.1, 0.15) is 0 Å². The van der Waals surface area contributed by atoms with Gasteiger partial charge in [0, 0.05) is 24.6 Å². The van der Waals surface area contributed by atoms with Gasteiger partial charge in [0.2, 0.25) is 0 Å². The summed E-state index contributed by atoms with van der Waals surface area (Å²) in [4.78, 5) is 0. The van der Waals surface area contributed by atoms with Gasteiger partial charge in [0.25, 0.3) is 0 Å². The van der Waals surface area contributed by atoms with Crippen molar-refractivity contribution in [3.8, 4) is 0 Å². The lowest BCUT2D eigenvalue weighted by Crippen LogP contribution is -2.13. The Morgan fingerprint density at radius 1 is 1.25 bits per heavy atom. The Kier molecular flexibility index (Phi) is 10.8. The summed E-state index contributed by atoms with van der Waals surface area (Å²) >= 11 is 1.70. The van der Waals surface area contributed by atoms with Gasteiger partial charge in [0.05, 0.1) is 11.2 Å². The van der Waals surface area contributed by atoms with E-state index < -0.39 is 0 Å². The van der Waals surface area contributed by atoms with Crippen LogP contribution in [0.3, 0.4) is 0 Å². The maximum absolute atomic E-state index is 8.58. The van der Waals surface area contributed by atoms with Crippen LogP contribution in [0.1, 0.15) is 0 Å². The van der Waals surface area contributed by atoms with Crippen molar-refractivity contribution in [3.63, 3.8) is 0 Å². The minimum atomic E-state index is 0.225. The van der Waals surface area contributed by atoms with Gasteiger partial charge in [-0.15, -0.1) is 11.8 Å². The zero-order valence-corrected chi connectivity index (χ0v) is 9.39. The summed E-state index contributed by atoms with van der Waals surface area (Å²) in [7, 11) is 3.50. The highest BCUT2D eigenvalue weighted by molar-refractivity contribution is 8.78. The van der Waals surface area contributed by atoms with Crippen molar-refractivity contribution in [2.45, 2.75) is 4.58 Å². The highest BCUT2D eigenvalue weighted by atomic mass is 33.1. The highest BCUT2D eigenvalue weighted by Crippen LogP contribution is 2.32. The van der Waals surface area contributed by atoms with Gasteiger partial charge in [-0.3, -0.25) is 0 Å². The fraction of sp³-hybridized carbons (Fsp3) is 1.00. The van der Waals surface area contributed by atoms with Crippen molar-refractivity contribution in [3.05, 3.63) is 0 Å². The maximum Gasteiger partial charge on any atom is 0.0728 e. The fourth-order valence-electron chi connectivity index (χ4n) is 0.491. The van der Waals surface area contributed by atoms with E-state index in [1.165, 1.54) is 0 Å². The molecule has 0 aliphatic heterocycles. The summed E-state index contributed by atoms with van der Waals surface area (Å²) < 4.78 is 0.383. The molecule has 3 nitrogen and oxygen atoms in total. The third-order valence-corrected chi connectivity index (χ3v) is 5.56. The van der Waals surface area contributed by atoms with Crippen LogP contribution >= 0.6 is 33.3 Å². The zero-order valence-electron chi connectivity index (χ0n) is 6.94. The number of thioether (sulfide) groups is 1. The largest absolute Gasteiger partial charge is 0.396 e. The summed E-state index contributed by atoms with van der Waals surface area (Å²) in [5, 5.41) is 8.58. The van der Waals surface area contributed by atoms with Crippen molar-refractivity contribution >= 4 is 33.3 Å². The number of rotatable bonds is 8. The van der Waals surface area contributed by atoms with Crippen molar-refractivity contribution in [2.75, 3.05) is 31.2 Å². The Balaban J connectivity index is 3.26. The van der Waals surface area contributed by atoms with Gasteiger partial charge in [-0.2, -0.15) is 0 Å². The minimum absolute atomic E-state index is 0.225. The Morgan fingerprint density at radius 3 is 2.50 bits per heavy atom. The molecule has 0 saturated heterocycles. The molecule has 1 atom stereocenters. The van der Waals surface area contributed by atoms with E-state index in [2.05, 4.69) is 0 Å². The summed E-state index contributed by atoms with van der Waals surface area (Å²) in [5.41, 5.74) is 10.9. The Bertz CT molecular complexity index is 96.9. The average molecular weight is 228 g/mol. The molecule has 0 aliphatic rings. The molecular formula is C6H16N2OS3. The second-order valence-electron chi connectivity index (χ2n) is 1.97. The maximum atomic E-state index is 8.58. The van der Waals surface area contributed by atoms with Crippen molar-refractivity contribution in [2.24, 2.45) is 11.5 Å². The first-order chi connectivity index (χ1) is 5.85. The summed E-state index contributed by atoms with van der Waals surface area (Å²) in [6.45, 7) is 1.58. The molecule has 0 aromatic carbocycles. The zero-order chi connectivity index (χ0) is 9.23. The lowest BCUT2D eigenvalue weighted by atomic mass is 10.8. The number of hydrogen-bond donors (Lipinski definition) is 3. The predicted octanol–water partition coefficient (Wildman–Crippen LogP) is 0.337. The van der Waals surface area contributed by atoms with Crippen molar-refractivity contribution < 1.29 is 5.11 Å². The summed E-state index contributed by atoms with van der Waals surface area (Å²) in [6, 6.07) is 0. The second kappa shape index (κ2) is 10.0. The molecule has 74 valence electrons. The first kappa shape index (κ1) is 12.9. The second-order valence-corrected chi connectivity index (χ2v) is 6.27. The Labute approximate surface area is 85.8 Å². The quantitative estimate of drug-likeness (QED) is 0.316. The molecule has 0 fully saturated rings. The number of hydrogen-bond acceptors (Lipinski definition) is 6. The summed E-state index contributed by atoms with van der Waals surface area (Å²) in [6.07, 6.45) is 0. The Morgan fingerprint density at radius 2 is 2.00 bits per heavy atom. The van der Waals surface area contributed by atoms with Gasteiger partial charge in [0.15, 0.2) is 0 Å². The third-order valence-electron chi connectivity index (χ3n) is 0.964. The molecule has 0 radical (unpaired) electrons. The van der Waals surface area contributed by atoms with Crippen LogP contribution < -0.4 is 11.5 Å². The molecule has 0 amide bonds. The smallest absolute Gasteiger partial charge is 0.0728 e. The monoisotopic (exact) mass is 228 g/mol. The lowest BCUT2D eigenvalue weighted by molar-refractivity contribution is 0.322. The van der Waals surface area contributed by atoms with E-state index in [4.69, 9.17) is 16.6 Å². The third kappa shape index (κ3) is 7.57. The molecule has 1 unspecified atom stereocenters. The molecule has 0 bridgehead atoms. The Hall–Kier alpha value is 0.930.